The fraction of sp³-hybridized carbons (Fsp3) is 0.267. The highest BCUT2D eigenvalue weighted by Gasteiger charge is 2.31. The average Bonchev–Trinajstić information content (AvgIpc) is 3.02. The van der Waals surface area contributed by atoms with Crippen LogP contribution in [0, 0.1) is 5.82 Å². The van der Waals surface area contributed by atoms with Gasteiger partial charge in [-0.25, -0.2) is 12.8 Å². The van der Waals surface area contributed by atoms with Crippen LogP contribution >= 0.6 is 0 Å². The maximum absolute atomic E-state index is 14.3. The van der Waals surface area contributed by atoms with Gasteiger partial charge < -0.3 is 29.0 Å². The number of rotatable bonds is 9. The lowest BCUT2D eigenvalue weighted by Crippen LogP contribution is -2.49. The number of aromatic nitrogens is 1. The Morgan fingerprint density at radius 2 is 1.49 bits per heavy atom. The molecule has 43 heavy (non-hydrogen) atoms. The number of anilines is 2. The first-order valence-corrected chi connectivity index (χ1v) is 14.8. The van der Waals surface area contributed by atoms with E-state index in [1.54, 1.807) is 53.4 Å². The van der Waals surface area contributed by atoms with Crippen LogP contribution in [0.5, 0.6) is 17.2 Å². The molecule has 226 valence electrons. The molecule has 1 saturated heterocycles. The number of fused-ring (bicyclic) bond motifs is 1. The minimum atomic E-state index is -4.09. The number of methoxy groups -OCH3 is 3. The molecule has 1 amide bonds. The molecule has 1 aliphatic heterocycles. The normalized spacial score (nSPS) is 14.0. The van der Waals surface area contributed by atoms with Crippen LogP contribution in [0.2, 0.25) is 0 Å². The zero-order valence-electron chi connectivity index (χ0n) is 23.9. The molecule has 0 spiro atoms. The Morgan fingerprint density at radius 1 is 0.884 bits per heavy atom. The third-order valence-electron chi connectivity index (χ3n) is 7.27. The molecule has 13 heteroatoms. The summed E-state index contributed by atoms with van der Waals surface area (Å²) in [5.74, 6) is 0.0421. The summed E-state index contributed by atoms with van der Waals surface area (Å²) in [7, 11) is 0.256. The van der Waals surface area contributed by atoms with E-state index in [0.29, 0.717) is 28.6 Å². The Kier molecular flexibility index (Phi) is 8.55. The van der Waals surface area contributed by atoms with Crippen molar-refractivity contribution in [2.75, 3.05) is 57.7 Å². The third kappa shape index (κ3) is 5.86. The minimum absolute atomic E-state index is 0.0948. The Balaban J connectivity index is 1.43. The van der Waals surface area contributed by atoms with Gasteiger partial charge >= 0.3 is 0 Å². The molecule has 2 heterocycles. The Bertz CT molecular complexity index is 1810. The van der Waals surface area contributed by atoms with Crippen molar-refractivity contribution >= 4 is 38.1 Å². The first-order chi connectivity index (χ1) is 20.7. The molecule has 0 atom stereocenters. The first kappa shape index (κ1) is 29.9. The number of ether oxygens (including phenoxy) is 3. The quantitative estimate of drug-likeness (QED) is 0.307. The maximum atomic E-state index is 14.3. The van der Waals surface area contributed by atoms with Gasteiger partial charge in [0.05, 0.1) is 27.0 Å². The summed E-state index contributed by atoms with van der Waals surface area (Å²) >= 11 is 0. The fourth-order valence-electron chi connectivity index (χ4n) is 5.16. The fourth-order valence-corrected chi connectivity index (χ4v) is 6.80. The van der Waals surface area contributed by atoms with Gasteiger partial charge in [0.25, 0.3) is 5.56 Å². The first-order valence-electron chi connectivity index (χ1n) is 13.4. The van der Waals surface area contributed by atoms with Crippen LogP contribution in [0.15, 0.2) is 76.6 Å². The van der Waals surface area contributed by atoms with Gasteiger partial charge in [0.1, 0.15) is 17.3 Å². The second kappa shape index (κ2) is 12.3. The average molecular weight is 611 g/mol. The zero-order chi connectivity index (χ0) is 30.7. The SMILES string of the molecule is COc1cc(NC(=O)Cn2cc(S(=O)(=O)N3CCN(c4ccccc4F)CC3)c3ccccc3c2=O)cc(OC)c1OC. The van der Waals surface area contributed by atoms with E-state index in [4.69, 9.17) is 14.2 Å². The number of nitrogens with one attached hydrogen (secondary N) is 1. The summed E-state index contributed by atoms with van der Waals surface area (Å²) < 4.78 is 60.6. The van der Waals surface area contributed by atoms with E-state index in [1.807, 2.05) is 0 Å². The summed E-state index contributed by atoms with van der Waals surface area (Å²) in [4.78, 5) is 28.2. The number of hydrogen-bond donors (Lipinski definition) is 1. The molecule has 1 aliphatic rings. The lowest BCUT2D eigenvalue weighted by Gasteiger charge is -2.35. The van der Waals surface area contributed by atoms with Gasteiger partial charge in [-0.1, -0.05) is 30.3 Å². The van der Waals surface area contributed by atoms with Gasteiger partial charge in [0.2, 0.25) is 21.7 Å². The van der Waals surface area contributed by atoms with Crippen molar-refractivity contribution in [2.24, 2.45) is 0 Å². The summed E-state index contributed by atoms with van der Waals surface area (Å²) in [5.41, 5.74) is 0.226. The lowest BCUT2D eigenvalue weighted by molar-refractivity contribution is -0.116. The predicted molar refractivity (Wildman–Crippen MR) is 160 cm³/mol. The van der Waals surface area contributed by atoms with Crippen LogP contribution in [0.4, 0.5) is 15.8 Å². The van der Waals surface area contributed by atoms with Crippen molar-refractivity contribution < 1.29 is 31.8 Å². The molecule has 11 nitrogen and oxygen atoms in total. The number of para-hydroxylation sites is 1. The highest BCUT2D eigenvalue weighted by atomic mass is 32.2. The number of carbonyl (C=O) groups excluding carboxylic acids is 1. The van der Waals surface area contributed by atoms with E-state index < -0.39 is 28.0 Å². The molecule has 3 aromatic carbocycles. The summed E-state index contributed by atoms with van der Waals surface area (Å²) in [6.07, 6.45) is 1.21. The largest absolute Gasteiger partial charge is 0.493 e. The van der Waals surface area contributed by atoms with Crippen molar-refractivity contribution in [3.63, 3.8) is 0 Å². The van der Waals surface area contributed by atoms with Crippen LogP contribution in [-0.4, -0.2) is 70.7 Å². The van der Waals surface area contributed by atoms with E-state index in [2.05, 4.69) is 5.32 Å². The molecule has 0 radical (unpaired) electrons. The monoisotopic (exact) mass is 610 g/mol. The van der Waals surface area contributed by atoms with Crippen molar-refractivity contribution in [1.82, 2.24) is 8.87 Å². The number of piperazine rings is 1. The Hall–Kier alpha value is -4.62. The third-order valence-corrected chi connectivity index (χ3v) is 9.20. The van der Waals surface area contributed by atoms with Gasteiger partial charge in [-0.05, 0) is 18.2 Å². The maximum Gasteiger partial charge on any atom is 0.258 e. The molecular weight excluding hydrogens is 579 g/mol. The molecule has 1 fully saturated rings. The highest BCUT2D eigenvalue weighted by Crippen LogP contribution is 2.40. The van der Waals surface area contributed by atoms with Crippen molar-refractivity contribution in [1.29, 1.82) is 0 Å². The van der Waals surface area contributed by atoms with Gasteiger partial charge in [0.15, 0.2) is 11.5 Å². The molecule has 1 N–H and O–H groups in total. The van der Waals surface area contributed by atoms with E-state index in [1.165, 1.54) is 44.0 Å². The summed E-state index contributed by atoms with van der Waals surface area (Å²) in [6.45, 7) is 0.352. The van der Waals surface area contributed by atoms with Gasteiger partial charge in [-0.3, -0.25) is 9.59 Å². The van der Waals surface area contributed by atoms with Crippen molar-refractivity contribution in [3.8, 4) is 17.2 Å². The van der Waals surface area contributed by atoms with E-state index >= 15 is 0 Å². The van der Waals surface area contributed by atoms with Gasteiger partial charge in [-0.2, -0.15) is 4.31 Å². The topological polar surface area (TPSA) is 119 Å². The Labute approximate surface area is 248 Å². The number of hydrogen-bond acceptors (Lipinski definition) is 8. The number of carbonyl (C=O) groups is 1. The van der Waals surface area contributed by atoms with Crippen molar-refractivity contribution in [3.05, 3.63) is 83.0 Å². The molecule has 0 unspecified atom stereocenters. The lowest BCUT2D eigenvalue weighted by atomic mass is 10.2. The molecule has 0 saturated carbocycles. The molecule has 0 aliphatic carbocycles. The van der Waals surface area contributed by atoms with Crippen LogP contribution in [-0.2, 0) is 21.4 Å². The minimum Gasteiger partial charge on any atom is -0.493 e. The van der Waals surface area contributed by atoms with E-state index in [0.717, 1.165) is 4.57 Å². The number of pyridine rings is 1. The smallest absolute Gasteiger partial charge is 0.258 e. The van der Waals surface area contributed by atoms with Gasteiger partial charge in [0, 0.05) is 61.0 Å². The standard InChI is InChI=1S/C30H31FN4O7S/c1-40-25-16-20(17-26(41-2)29(25)42-3)32-28(36)19-34-18-27(21-8-4-5-9-22(21)30(34)37)43(38,39)35-14-12-33(13-15-35)24-11-7-6-10-23(24)31/h4-11,16-18H,12-15,19H2,1-3H3,(H,32,36). The zero-order valence-corrected chi connectivity index (χ0v) is 24.7. The second-order valence-corrected chi connectivity index (χ2v) is 11.7. The van der Waals surface area contributed by atoms with Crippen LogP contribution in [0.25, 0.3) is 10.8 Å². The van der Waals surface area contributed by atoms with Crippen LogP contribution < -0.4 is 30.0 Å². The number of halogens is 1. The van der Waals surface area contributed by atoms with E-state index in [-0.39, 0.29) is 47.7 Å². The van der Waals surface area contributed by atoms with Gasteiger partial charge in [-0.15, -0.1) is 0 Å². The Morgan fingerprint density at radius 3 is 2.09 bits per heavy atom. The summed E-state index contributed by atoms with van der Waals surface area (Å²) in [6, 6.07) is 15.8. The highest BCUT2D eigenvalue weighted by molar-refractivity contribution is 7.89. The molecular formula is C30H31FN4O7S. The second-order valence-electron chi connectivity index (χ2n) is 9.78. The van der Waals surface area contributed by atoms with Crippen LogP contribution in [0.3, 0.4) is 0 Å². The molecule has 0 bridgehead atoms. The van der Waals surface area contributed by atoms with Crippen molar-refractivity contribution in [2.45, 2.75) is 11.4 Å². The number of nitrogens with zero attached hydrogens (tertiary/aromatic N) is 3. The summed E-state index contributed by atoms with van der Waals surface area (Å²) in [5, 5.41) is 3.12. The molecule has 5 rings (SSSR count). The van der Waals surface area contributed by atoms with Crippen LogP contribution in [0.1, 0.15) is 0 Å². The molecule has 1 aromatic heterocycles. The number of amides is 1. The molecule has 4 aromatic rings. The van der Waals surface area contributed by atoms with E-state index in [9.17, 15) is 22.4 Å². The number of benzene rings is 3. The predicted octanol–water partition coefficient (Wildman–Crippen LogP) is 3.32. The number of sulfonamides is 1.